The molecule has 3 N–H and O–H groups in total. The second-order valence-electron chi connectivity index (χ2n) is 7.94. The minimum Gasteiger partial charge on any atom is -0.481 e. The third-order valence-electron chi connectivity index (χ3n) is 4.17. The first-order valence-corrected chi connectivity index (χ1v) is 9.56. The van der Waals surface area contributed by atoms with E-state index < -0.39 is 24.0 Å². The highest BCUT2D eigenvalue weighted by Crippen LogP contribution is 2.21. The zero-order valence-electron chi connectivity index (χ0n) is 17.4. The third-order valence-corrected chi connectivity index (χ3v) is 4.17. The van der Waals surface area contributed by atoms with Crippen LogP contribution in [-0.2, 0) is 14.3 Å². The minimum atomic E-state index is -1.05. The number of carboxylic acid groups (broad SMARTS) is 1. The number of carbonyl (C=O) groups is 3. The molecule has 1 rings (SSSR count). The number of ketones is 1. The van der Waals surface area contributed by atoms with Gasteiger partial charge in [0.15, 0.2) is 5.78 Å². The number of esters is 1. The van der Waals surface area contributed by atoms with E-state index in [0.717, 1.165) is 6.42 Å². The maximum Gasteiger partial charge on any atom is 0.328 e. The first-order valence-electron chi connectivity index (χ1n) is 9.56. The number of benzene rings is 1. The van der Waals surface area contributed by atoms with E-state index in [-0.39, 0.29) is 24.2 Å². The predicted molar refractivity (Wildman–Crippen MR) is 109 cm³/mol. The summed E-state index contributed by atoms with van der Waals surface area (Å²) < 4.78 is 4.98. The number of nitrogens with one attached hydrogen (secondary N) is 2. The smallest absolute Gasteiger partial charge is 0.328 e. The molecule has 0 spiro atoms. The van der Waals surface area contributed by atoms with Crippen molar-refractivity contribution in [3.8, 4) is 0 Å². The molecule has 0 saturated heterocycles. The molecule has 28 heavy (non-hydrogen) atoms. The lowest BCUT2D eigenvalue weighted by Gasteiger charge is -2.23. The number of hydrogen-bond donors (Lipinski definition) is 3. The molecular weight excluding hydrogens is 360 g/mol. The summed E-state index contributed by atoms with van der Waals surface area (Å²) in [5.74, 6) is -1.79. The summed E-state index contributed by atoms with van der Waals surface area (Å²) in [6.07, 6.45) is 0.487. The van der Waals surface area contributed by atoms with E-state index in [4.69, 9.17) is 4.74 Å². The fourth-order valence-corrected chi connectivity index (χ4v) is 2.62. The average molecular weight is 392 g/mol. The predicted octanol–water partition coefficient (Wildman–Crippen LogP) is 3.10. The van der Waals surface area contributed by atoms with Gasteiger partial charge in [0, 0.05) is 11.3 Å². The van der Waals surface area contributed by atoms with Crippen LogP contribution < -0.4 is 10.6 Å². The average Bonchev–Trinajstić information content (AvgIpc) is 2.59. The summed E-state index contributed by atoms with van der Waals surface area (Å²) in [5.41, 5.74) is 0.882. The quantitative estimate of drug-likeness (QED) is 0.392. The summed E-state index contributed by atoms with van der Waals surface area (Å²) in [4.78, 5) is 36.2. The molecule has 2 atom stereocenters. The van der Waals surface area contributed by atoms with Crippen LogP contribution in [0.1, 0.15) is 57.8 Å². The minimum absolute atomic E-state index is 0.0678. The molecule has 0 aliphatic carbocycles. The van der Waals surface area contributed by atoms with Crippen LogP contribution in [0.15, 0.2) is 24.3 Å². The topological polar surface area (TPSA) is 105 Å². The van der Waals surface area contributed by atoms with E-state index in [2.05, 4.69) is 31.4 Å². The summed E-state index contributed by atoms with van der Waals surface area (Å²) in [6.45, 7) is 10.4. The number of carboxylic acids is 1. The number of Topliss-reactive ketones (excluding diaryl/α,β-unsaturated/α-hetero) is 1. The van der Waals surface area contributed by atoms with Crippen LogP contribution in [0.4, 0.5) is 5.69 Å². The van der Waals surface area contributed by atoms with Gasteiger partial charge in [0.1, 0.15) is 6.04 Å². The molecule has 0 aliphatic heterocycles. The first-order chi connectivity index (χ1) is 13.0. The first kappa shape index (κ1) is 23.6. The Morgan fingerprint density at radius 3 is 2.39 bits per heavy atom. The molecule has 7 nitrogen and oxygen atoms in total. The van der Waals surface area contributed by atoms with Gasteiger partial charge in [-0.25, -0.2) is 4.79 Å². The second kappa shape index (κ2) is 10.8. The molecule has 1 unspecified atom stereocenters. The number of para-hydroxylation sites is 1. The van der Waals surface area contributed by atoms with Crippen molar-refractivity contribution in [2.45, 2.75) is 59.5 Å². The Kier molecular flexibility index (Phi) is 9.12. The summed E-state index contributed by atoms with van der Waals surface area (Å²) in [7, 11) is 0. The monoisotopic (exact) mass is 392 g/mol. The Balaban J connectivity index is 2.99. The van der Waals surface area contributed by atoms with Crippen LogP contribution in [-0.4, -0.2) is 48.1 Å². The van der Waals surface area contributed by atoms with Gasteiger partial charge in [0.25, 0.3) is 0 Å². The Morgan fingerprint density at radius 2 is 1.82 bits per heavy atom. The van der Waals surface area contributed by atoms with E-state index >= 15 is 0 Å². The molecule has 0 saturated carbocycles. The molecule has 0 fully saturated rings. The number of carbonyl (C=O) groups excluding carboxylic acids is 2. The van der Waals surface area contributed by atoms with Crippen molar-refractivity contribution >= 4 is 23.4 Å². The van der Waals surface area contributed by atoms with Crippen LogP contribution in [0.5, 0.6) is 0 Å². The fraction of sp³-hybridized carbons (Fsp3) is 0.571. The maximum absolute atomic E-state index is 13.1. The van der Waals surface area contributed by atoms with Crippen molar-refractivity contribution in [1.82, 2.24) is 5.32 Å². The van der Waals surface area contributed by atoms with Crippen LogP contribution in [0.3, 0.4) is 0 Å². The van der Waals surface area contributed by atoms with E-state index in [1.54, 1.807) is 38.1 Å². The Hall–Kier alpha value is -2.41. The highest BCUT2D eigenvalue weighted by atomic mass is 16.5. The summed E-state index contributed by atoms with van der Waals surface area (Å²) >= 11 is 0. The van der Waals surface area contributed by atoms with Crippen molar-refractivity contribution in [2.24, 2.45) is 5.41 Å². The largest absolute Gasteiger partial charge is 0.481 e. The number of ether oxygens (including phenoxy) is 1. The normalized spacial score (nSPS) is 13.5. The number of rotatable bonds is 11. The Morgan fingerprint density at radius 1 is 1.18 bits per heavy atom. The molecule has 1 aromatic carbocycles. The van der Waals surface area contributed by atoms with E-state index in [0.29, 0.717) is 17.8 Å². The van der Waals surface area contributed by atoms with E-state index in [1.165, 1.54) is 0 Å². The van der Waals surface area contributed by atoms with Crippen molar-refractivity contribution in [1.29, 1.82) is 0 Å². The second-order valence-corrected chi connectivity index (χ2v) is 7.94. The standard InChI is InChI=1S/C21H32N2O5/c1-6-28-20(27)14(2)23-16-10-8-7-9-15(16)19(26)17(13-18(24)25)22-12-11-21(3,4)5/h7-10,14,17,22-23H,6,11-13H2,1-5H3,(H,24,25)/t14?,17-/m0/s1. The van der Waals surface area contributed by atoms with Crippen LogP contribution in [0.25, 0.3) is 0 Å². The van der Waals surface area contributed by atoms with Gasteiger partial charge in [-0.2, -0.15) is 0 Å². The molecule has 0 radical (unpaired) electrons. The van der Waals surface area contributed by atoms with Gasteiger partial charge in [-0.05, 0) is 44.4 Å². The highest BCUT2D eigenvalue weighted by Gasteiger charge is 2.26. The van der Waals surface area contributed by atoms with Gasteiger partial charge in [-0.1, -0.05) is 32.9 Å². The Bertz CT molecular complexity index is 682. The molecule has 0 aliphatic rings. The van der Waals surface area contributed by atoms with Crippen LogP contribution >= 0.6 is 0 Å². The van der Waals surface area contributed by atoms with Gasteiger partial charge >= 0.3 is 11.9 Å². The summed E-state index contributed by atoms with van der Waals surface area (Å²) in [5, 5.41) is 15.3. The molecule has 156 valence electrons. The molecule has 1 aromatic rings. The third kappa shape index (κ3) is 8.08. The zero-order chi connectivity index (χ0) is 21.3. The van der Waals surface area contributed by atoms with Gasteiger partial charge < -0.3 is 20.5 Å². The summed E-state index contributed by atoms with van der Waals surface area (Å²) in [6, 6.07) is 5.29. The van der Waals surface area contributed by atoms with Gasteiger partial charge in [-0.3, -0.25) is 9.59 Å². The van der Waals surface area contributed by atoms with Crippen LogP contribution in [0.2, 0.25) is 0 Å². The molecule has 0 amide bonds. The molecule has 0 bridgehead atoms. The molecule has 0 heterocycles. The lowest BCUT2D eigenvalue weighted by molar-refractivity contribution is -0.143. The van der Waals surface area contributed by atoms with E-state index in [1.807, 2.05) is 0 Å². The Labute approximate surface area is 166 Å². The number of anilines is 1. The van der Waals surface area contributed by atoms with Crippen molar-refractivity contribution in [2.75, 3.05) is 18.5 Å². The van der Waals surface area contributed by atoms with Crippen molar-refractivity contribution in [3.05, 3.63) is 29.8 Å². The maximum atomic E-state index is 13.1. The number of aliphatic carboxylic acids is 1. The van der Waals surface area contributed by atoms with Gasteiger partial charge in [0.05, 0.1) is 19.1 Å². The van der Waals surface area contributed by atoms with E-state index in [9.17, 15) is 19.5 Å². The highest BCUT2D eigenvalue weighted by molar-refractivity contribution is 6.06. The molecular formula is C21H32N2O5. The van der Waals surface area contributed by atoms with Crippen LogP contribution in [0, 0.1) is 5.41 Å². The fourth-order valence-electron chi connectivity index (χ4n) is 2.62. The van der Waals surface area contributed by atoms with Crippen molar-refractivity contribution < 1.29 is 24.2 Å². The van der Waals surface area contributed by atoms with Gasteiger partial charge in [0.2, 0.25) is 0 Å². The molecule has 7 heteroatoms. The zero-order valence-corrected chi connectivity index (χ0v) is 17.4. The number of hydrogen-bond acceptors (Lipinski definition) is 6. The SMILES string of the molecule is CCOC(=O)C(C)Nc1ccccc1C(=O)[C@H](CC(=O)O)NCCC(C)(C)C. The van der Waals surface area contributed by atoms with Gasteiger partial charge in [-0.15, -0.1) is 0 Å². The lowest BCUT2D eigenvalue weighted by Crippen LogP contribution is -2.40. The lowest BCUT2D eigenvalue weighted by atomic mass is 9.92. The van der Waals surface area contributed by atoms with Crippen molar-refractivity contribution in [3.63, 3.8) is 0 Å². The molecule has 0 aromatic heterocycles.